The molecule has 2 unspecified atom stereocenters. The maximum absolute atomic E-state index is 15.2. The van der Waals surface area contributed by atoms with Gasteiger partial charge in [-0.25, -0.2) is 18.6 Å². The second-order valence-corrected chi connectivity index (χ2v) is 9.25. The fourth-order valence-corrected chi connectivity index (χ4v) is 4.35. The third-order valence-corrected chi connectivity index (χ3v) is 6.47. The van der Waals surface area contributed by atoms with Gasteiger partial charge in [0.15, 0.2) is 11.6 Å². The fourth-order valence-electron chi connectivity index (χ4n) is 4.35. The minimum atomic E-state index is -1.08. The van der Waals surface area contributed by atoms with Crippen LogP contribution in [0, 0.1) is 40.6 Å². The lowest BCUT2D eigenvalue weighted by atomic mass is 9.84. The molecule has 184 valence electrons. The molecule has 2 aromatic rings. The van der Waals surface area contributed by atoms with E-state index in [0.29, 0.717) is 32.4 Å². The number of nitrogens with zero attached hydrogens (tertiary/aromatic N) is 4. The van der Waals surface area contributed by atoms with Crippen molar-refractivity contribution in [2.45, 2.75) is 31.5 Å². The lowest BCUT2D eigenvalue weighted by Crippen LogP contribution is -2.59. The van der Waals surface area contributed by atoms with Gasteiger partial charge in [-0.2, -0.15) is 14.6 Å². The van der Waals surface area contributed by atoms with Gasteiger partial charge in [0.1, 0.15) is 29.9 Å². The molecule has 2 atom stereocenters. The molecule has 2 bridgehead atoms. The minimum Gasteiger partial charge on any atom is -0.471 e. The number of piperidine rings is 1. The van der Waals surface area contributed by atoms with Crippen LogP contribution in [0.25, 0.3) is 0 Å². The Balaban J connectivity index is 1.33. The number of anilines is 2. The topological polar surface area (TPSA) is 110 Å². The molecule has 1 saturated carbocycles. The quantitative estimate of drug-likeness (QED) is 0.680. The van der Waals surface area contributed by atoms with Gasteiger partial charge in [-0.1, -0.05) is 0 Å². The SMILES string of the molecule is CC1(OC(=O)N2CC3COCC(C2)C3Oc2ncnc(Nc3c(F)cc(F)cc3C#N)c2F)CC1. The predicted molar refractivity (Wildman–Crippen MR) is 114 cm³/mol. The largest absolute Gasteiger partial charge is 0.471 e. The van der Waals surface area contributed by atoms with E-state index < -0.39 is 35.1 Å². The van der Waals surface area contributed by atoms with E-state index in [2.05, 4.69) is 15.3 Å². The summed E-state index contributed by atoms with van der Waals surface area (Å²) in [5, 5.41) is 11.6. The fraction of sp³-hybridized carbons (Fsp3) is 0.478. The van der Waals surface area contributed by atoms with Crippen molar-refractivity contribution in [3.8, 4) is 11.9 Å². The summed E-state index contributed by atoms with van der Waals surface area (Å²) < 4.78 is 60.0. The third kappa shape index (κ3) is 4.68. The van der Waals surface area contributed by atoms with Crippen LogP contribution in [0.5, 0.6) is 5.88 Å². The average Bonchev–Trinajstić information content (AvgIpc) is 3.53. The summed E-state index contributed by atoms with van der Waals surface area (Å²) in [6, 6.07) is 3.06. The van der Waals surface area contributed by atoms with Crippen LogP contribution < -0.4 is 10.1 Å². The molecular formula is C23H22F3N5O4. The van der Waals surface area contributed by atoms with Gasteiger partial charge in [0, 0.05) is 31.0 Å². The number of ether oxygens (including phenoxy) is 3. The van der Waals surface area contributed by atoms with E-state index in [-0.39, 0.29) is 35.0 Å². The Morgan fingerprint density at radius 3 is 2.60 bits per heavy atom. The number of hydrogen-bond donors (Lipinski definition) is 1. The first kappa shape index (κ1) is 23.2. The van der Waals surface area contributed by atoms with Crippen LogP contribution in [0.2, 0.25) is 0 Å². The summed E-state index contributed by atoms with van der Waals surface area (Å²) in [6.07, 6.45) is 1.85. The molecule has 2 saturated heterocycles. The number of carbonyl (C=O) groups is 1. The number of halogens is 3. The maximum Gasteiger partial charge on any atom is 0.410 e. The number of fused-ring (bicyclic) bond motifs is 2. The summed E-state index contributed by atoms with van der Waals surface area (Å²) >= 11 is 0. The monoisotopic (exact) mass is 489 g/mol. The number of aromatic nitrogens is 2. The van der Waals surface area contributed by atoms with Gasteiger partial charge in [0.25, 0.3) is 5.88 Å². The predicted octanol–water partition coefficient (Wildman–Crippen LogP) is 3.52. The van der Waals surface area contributed by atoms with Crippen LogP contribution in [-0.4, -0.2) is 59.0 Å². The zero-order chi connectivity index (χ0) is 24.7. The van der Waals surface area contributed by atoms with E-state index in [1.165, 1.54) is 0 Å². The lowest BCUT2D eigenvalue weighted by molar-refractivity contribution is -0.112. The van der Waals surface area contributed by atoms with Gasteiger partial charge in [0.2, 0.25) is 5.82 Å². The van der Waals surface area contributed by atoms with Crippen molar-refractivity contribution in [1.29, 1.82) is 5.26 Å². The van der Waals surface area contributed by atoms with Crippen molar-refractivity contribution >= 4 is 17.6 Å². The highest BCUT2D eigenvalue weighted by atomic mass is 19.1. The molecule has 1 amide bonds. The highest BCUT2D eigenvalue weighted by molar-refractivity contribution is 5.69. The molecule has 3 fully saturated rings. The molecule has 1 N–H and O–H groups in total. The van der Waals surface area contributed by atoms with Crippen LogP contribution >= 0.6 is 0 Å². The molecule has 2 aliphatic heterocycles. The highest BCUT2D eigenvalue weighted by Gasteiger charge is 2.47. The molecule has 1 aliphatic carbocycles. The Morgan fingerprint density at radius 1 is 1.23 bits per heavy atom. The number of carbonyl (C=O) groups excluding carboxylic acids is 1. The molecule has 0 spiro atoms. The van der Waals surface area contributed by atoms with E-state index in [1.807, 2.05) is 6.92 Å². The van der Waals surface area contributed by atoms with Crippen LogP contribution in [0.1, 0.15) is 25.3 Å². The molecule has 9 nitrogen and oxygen atoms in total. The Labute approximate surface area is 198 Å². The number of benzene rings is 1. The number of amides is 1. The summed E-state index contributed by atoms with van der Waals surface area (Å²) in [5.74, 6) is -4.30. The van der Waals surface area contributed by atoms with Crippen LogP contribution in [-0.2, 0) is 9.47 Å². The van der Waals surface area contributed by atoms with Gasteiger partial charge < -0.3 is 24.4 Å². The van der Waals surface area contributed by atoms with Gasteiger partial charge in [-0.15, -0.1) is 0 Å². The summed E-state index contributed by atoms with van der Waals surface area (Å²) in [7, 11) is 0. The van der Waals surface area contributed by atoms with Gasteiger partial charge in [-0.05, 0) is 25.8 Å². The standard InChI is InChI=1S/C23H22F3N5O4/c1-23(2-3-23)35-22(32)31-7-13-9-33-10-14(8-31)19(13)34-21-17(26)20(28-11-29-21)30-18-12(6-27)4-15(24)5-16(18)25/h4-5,11,13-14,19H,2-3,7-10H2,1H3,(H,28,29,30). The molecule has 3 aliphatic rings. The zero-order valence-electron chi connectivity index (χ0n) is 18.8. The number of rotatable bonds is 5. The lowest BCUT2D eigenvalue weighted by Gasteiger charge is -2.46. The molecule has 0 radical (unpaired) electrons. The summed E-state index contributed by atoms with van der Waals surface area (Å²) in [6.45, 7) is 3.16. The van der Waals surface area contributed by atoms with Crippen LogP contribution in [0.15, 0.2) is 18.5 Å². The minimum absolute atomic E-state index is 0.243. The van der Waals surface area contributed by atoms with Gasteiger partial charge in [-0.3, -0.25) is 0 Å². The average molecular weight is 489 g/mol. The van der Waals surface area contributed by atoms with Gasteiger partial charge in [0.05, 0.1) is 24.5 Å². The second kappa shape index (κ2) is 8.88. The number of nitriles is 1. The van der Waals surface area contributed by atoms with E-state index in [4.69, 9.17) is 14.2 Å². The number of hydrogen-bond acceptors (Lipinski definition) is 8. The first-order valence-electron chi connectivity index (χ1n) is 11.2. The molecule has 1 aromatic heterocycles. The second-order valence-electron chi connectivity index (χ2n) is 9.25. The molecule has 12 heteroatoms. The number of likely N-dealkylation sites (tertiary alicyclic amines) is 1. The summed E-state index contributed by atoms with van der Waals surface area (Å²) in [5.41, 5.74) is -1.16. The Morgan fingerprint density at radius 2 is 1.94 bits per heavy atom. The normalized spacial score (nSPS) is 24.3. The molecule has 3 heterocycles. The van der Waals surface area contributed by atoms with Crippen LogP contribution in [0.4, 0.5) is 29.5 Å². The van der Waals surface area contributed by atoms with Crippen molar-refractivity contribution in [3.63, 3.8) is 0 Å². The van der Waals surface area contributed by atoms with E-state index in [1.54, 1.807) is 11.0 Å². The van der Waals surface area contributed by atoms with Crippen molar-refractivity contribution in [2.75, 3.05) is 31.6 Å². The van der Waals surface area contributed by atoms with E-state index in [9.17, 15) is 18.8 Å². The van der Waals surface area contributed by atoms with Gasteiger partial charge >= 0.3 is 6.09 Å². The molecule has 1 aromatic carbocycles. The van der Waals surface area contributed by atoms with Crippen molar-refractivity contribution in [1.82, 2.24) is 14.9 Å². The van der Waals surface area contributed by atoms with Crippen LogP contribution in [0.3, 0.4) is 0 Å². The maximum atomic E-state index is 15.2. The Bertz CT molecular complexity index is 1190. The smallest absolute Gasteiger partial charge is 0.410 e. The third-order valence-electron chi connectivity index (χ3n) is 6.47. The molecule has 5 rings (SSSR count). The Hall–Kier alpha value is -3.59. The zero-order valence-corrected chi connectivity index (χ0v) is 18.8. The van der Waals surface area contributed by atoms with Crippen molar-refractivity contribution in [3.05, 3.63) is 41.5 Å². The van der Waals surface area contributed by atoms with E-state index in [0.717, 1.165) is 25.2 Å². The Kier molecular flexibility index (Phi) is 5.88. The first-order chi connectivity index (χ1) is 16.8. The van der Waals surface area contributed by atoms with E-state index >= 15 is 4.39 Å². The summed E-state index contributed by atoms with van der Waals surface area (Å²) in [4.78, 5) is 21.9. The molecular weight excluding hydrogens is 467 g/mol. The van der Waals surface area contributed by atoms with Crippen molar-refractivity contribution in [2.24, 2.45) is 11.8 Å². The van der Waals surface area contributed by atoms with Crippen molar-refractivity contribution < 1.29 is 32.2 Å². The first-order valence-corrected chi connectivity index (χ1v) is 11.2. The molecule has 35 heavy (non-hydrogen) atoms. The number of nitrogens with one attached hydrogen (secondary N) is 1. The highest BCUT2D eigenvalue weighted by Crippen LogP contribution is 2.40.